The molecule has 1 fully saturated rings. The van der Waals surface area contributed by atoms with Crippen molar-refractivity contribution < 1.29 is 0 Å². The van der Waals surface area contributed by atoms with Gasteiger partial charge in [-0.3, -0.25) is 4.98 Å². The Balaban J connectivity index is 1.87. The molecule has 3 N–H and O–H groups in total. The van der Waals surface area contributed by atoms with Crippen LogP contribution in [0.25, 0.3) is 10.8 Å². The lowest BCUT2D eigenvalue weighted by atomic mass is 9.67. The molecule has 0 unspecified atom stereocenters. The monoisotopic (exact) mass is 255 g/mol. The van der Waals surface area contributed by atoms with Crippen LogP contribution < -0.4 is 11.1 Å². The molecule has 0 spiro atoms. The number of nitrogens with two attached hydrogens (primary N) is 1. The maximum absolute atomic E-state index is 6.00. The highest BCUT2D eigenvalue weighted by atomic mass is 14.9. The summed E-state index contributed by atoms with van der Waals surface area (Å²) < 4.78 is 0. The van der Waals surface area contributed by atoms with Gasteiger partial charge in [0.15, 0.2) is 0 Å². The minimum absolute atomic E-state index is 0.515. The van der Waals surface area contributed by atoms with E-state index in [9.17, 15) is 0 Å². The first-order valence-corrected chi connectivity index (χ1v) is 7.10. The van der Waals surface area contributed by atoms with Crippen molar-refractivity contribution in [2.45, 2.75) is 32.6 Å². The Kier molecular flexibility index (Phi) is 3.05. The molecule has 1 aliphatic rings. The Morgan fingerprint density at radius 1 is 1.26 bits per heavy atom. The largest absolute Gasteiger partial charge is 0.398 e. The van der Waals surface area contributed by atoms with Crippen LogP contribution in [0.1, 0.15) is 32.6 Å². The fourth-order valence-corrected chi connectivity index (χ4v) is 2.98. The van der Waals surface area contributed by atoms with E-state index in [1.165, 1.54) is 36.8 Å². The number of rotatable bonds is 4. The number of fused-ring (bicyclic) bond motifs is 1. The molecule has 1 heterocycles. The molecule has 3 nitrogen and oxygen atoms in total. The van der Waals surface area contributed by atoms with Crippen LogP contribution in [0.5, 0.6) is 0 Å². The van der Waals surface area contributed by atoms with Crippen LogP contribution in [0.15, 0.2) is 30.6 Å². The van der Waals surface area contributed by atoms with Crippen LogP contribution in [0.3, 0.4) is 0 Å². The van der Waals surface area contributed by atoms with Gasteiger partial charge >= 0.3 is 0 Å². The van der Waals surface area contributed by atoms with Crippen LogP contribution in [0.4, 0.5) is 11.4 Å². The number of nitrogen functional groups attached to an aromatic ring is 1. The number of nitrogens with one attached hydrogen (secondary N) is 1. The molecular formula is C16H21N3. The average Bonchev–Trinajstić information content (AvgIpc) is 2.41. The SMILES string of the molecule is CCC1(CNc2ccc(N)c3cnccc23)CCC1. The summed E-state index contributed by atoms with van der Waals surface area (Å²) >= 11 is 0. The van der Waals surface area contributed by atoms with Crippen molar-refractivity contribution in [2.75, 3.05) is 17.6 Å². The van der Waals surface area contributed by atoms with Gasteiger partial charge in [0.1, 0.15) is 0 Å². The third kappa shape index (κ3) is 2.14. The second kappa shape index (κ2) is 4.72. The van der Waals surface area contributed by atoms with Crippen LogP contribution >= 0.6 is 0 Å². The normalized spacial score (nSPS) is 17.1. The molecular weight excluding hydrogens is 234 g/mol. The number of hydrogen-bond acceptors (Lipinski definition) is 3. The highest BCUT2D eigenvalue weighted by molar-refractivity contribution is 6.00. The van der Waals surface area contributed by atoms with Gasteiger partial charge in [0.05, 0.1) is 0 Å². The van der Waals surface area contributed by atoms with Crippen molar-refractivity contribution in [1.29, 1.82) is 0 Å². The van der Waals surface area contributed by atoms with Crippen molar-refractivity contribution >= 4 is 22.1 Å². The molecule has 3 rings (SSSR count). The van der Waals surface area contributed by atoms with Gasteiger partial charge in [0.25, 0.3) is 0 Å². The standard InChI is InChI=1S/C16H21N3/c1-2-16(7-3-8-16)11-19-15-5-4-14(17)13-10-18-9-6-12(13)15/h4-6,9-10,19H,2-3,7-8,11,17H2,1H3. The van der Waals surface area contributed by atoms with Crippen LogP contribution in [-0.2, 0) is 0 Å². The van der Waals surface area contributed by atoms with Crippen LogP contribution in [-0.4, -0.2) is 11.5 Å². The molecule has 100 valence electrons. The van der Waals surface area contributed by atoms with E-state index in [4.69, 9.17) is 5.73 Å². The predicted octanol–water partition coefficient (Wildman–Crippen LogP) is 3.81. The Morgan fingerprint density at radius 3 is 2.79 bits per heavy atom. The van der Waals surface area contributed by atoms with Gasteiger partial charge in [-0.25, -0.2) is 0 Å². The van der Waals surface area contributed by atoms with E-state index in [0.29, 0.717) is 5.41 Å². The van der Waals surface area contributed by atoms with Crippen LogP contribution in [0.2, 0.25) is 0 Å². The number of nitrogens with zero attached hydrogens (tertiary/aromatic N) is 1. The number of aromatic nitrogens is 1. The summed E-state index contributed by atoms with van der Waals surface area (Å²) in [6.07, 6.45) is 9.01. The molecule has 2 aromatic rings. The first kappa shape index (κ1) is 12.3. The zero-order valence-electron chi connectivity index (χ0n) is 11.4. The minimum atomic E-state index is 0.515. The lowest BCUT2D eigenvalue weighted by Gasteiger charge is -2.41. The summed E-state index contributed by atoms with van der Waals surface area (Å²) in [6, 6.07) is 6.08. The lowest BCUT2D eigenvalue weighted by Crippen LogP contribution is -2.35. The molecule has 0 saturated heterocycles. The molecule has 3 heteroatoms. The maximum atomic E-state index is 6.00. The fourth-order valence-electron chi connectivity index (χ4n) is 2.98. The van der Waals surface area contributed by atoms with Gasteiger partial charge < -0.3 is 11.1 Å². The van der Waals surface area contributed by atoms with E-state index in [1.807, 2.05) is 24.5 Å². The van der Waals surface area contributed by atoms with Crippen molar-refractivity contribution in [3.63, 3.8) is 0 Å². The number of benzene rings is 1. The minimum Gasteiger partial charge on any atom is -0.398 e. The number of hydrogen-bond donors (Lipinski definition) is 2. The average molecular weight is 255 g/mol. The first-order chi connectivity index (χ1) is 9.24. The third-order valence-corrected chi connectivity index (χ3v) is 4.67. The lowest BCUT2D eigenvalue weighted by molar-refractivity contribution is 0.145. The highest BCUT2D eigenvalue weighted by Crippen LogP contribution is 2.44. The molecule has 0 aliphatic heterocycles. The van der Waals surface area contributed by atoms with Crippen molar-refractivity contribution in [3.8, 4) is 0 Å². The molecule has 1 saturated carbocycles. The van der Waals surface area contributed by atoms with Gasteiger partial charge in [-0.2, -0.15) is 0 Å². The van der Waals surface area contributed by atoms with Gasteiger partial charge in [0.2, 0.25) is 0 Å². The zero-order valence-corrected chi connectivity index (χ0v) is 11.4. The van der Waals surface area contributed by atoms with Gasteiger partial charge in [-0.15, -0.1) is 0 Å². The van der Waals surface area contributed by atoms with E-state index in [0.717, 1.165) is 17.6 Å². The van der Waals surface area contributed by atoms with Crippen molar-refractivity contribution in [3.05, 3.63) is 30.6 Å². The molecule has 19 heavy (non-hydrogen) atoms. The number of anilines is 2. The van der Waals surface area contributed by atoms with Crippen LogP contribution in [0, 0.1) is 5.41 Å². The first-order valence-electron chi connectivity index (χ1n) is 7.10. The fraction of sp³-hybridized carbons (Fsp3) is 0.438. The smallest absolute Gasteiger partial charge is 0.0422 e. The molecule has 1 aliphatic carbocycles. The maximum Gasteiger partial charge on any atom is 0.0422 e. The summed E-state index contributed by atoms with van der Waals surface area (Å²) in [5.41, 5.74) is 8.48. The molecule has 1 aromatic heterocycles. The molecule has 0 bridgehead atoms. The van der Waals surface area contributed by atoms with Gasteiger partial charge in [-0.05, 0) is 42.9 Å². The number of pyridine rings is 1. The quantitative estimate of drug-likeness (QED) is 0.817. The van der Waals surface area contributed by atoms with Crippen molar-refractivity contribution in [2.24, 2.45) is 5.41 Å². The predicted molar refractivity (Wildman–Crippen MR) is 81.2 cm³/mol. The Bertz CT molecular complexity index is 582. The van der Waals surface area contributed by atoms with Gasteiger partial charge in [0, 0.05) is 41.1 Å². The zero-order chi connectivity index (χ0) is 13.3. The highest BCUT2D eigenvalue weighted by Gasteiger charge is 2.34. The van der Waals surface area contributed by atoms with Crippen molar-refractivity contribution in [1.82, 2.24) is 4.98 Å². The molecule has 0 radical (unpaired) electrons. The summed E-state index contributed by atoms with van der Waals surface area (Å²) in [7, 11) is 0. The second-order valence-corrected chi connectivity index (χ2v) is 5.68. The van der Waals surface area contributed by atoms with E-state index in [1.54, 1.807) is 0 Å². The summed E-state index contributed by atoms with van der Waals surface area (Å²) in [5.74, 6) is 0. The summed E-state index contributed by atoms with van der Waals surface area (Å²) in [5, 5.41) is 5.83. The molecule has 0 amide bonds. The van der Waals surface area contributed by atoms with E-state index in [2.05, 4.69) is 23.3 Å². The van der Waals surface area contributed by atoms with E-state index < -0.39 is 0 Å². The molecule has 0 atom stereocenters. The third-order valence-electron chi connectivity index (χ3n) is 4.67. The Hall–Kier alpha value is -1.77. The summed E-state index contributed by atoms with van der Waals surface area (Å²) in [4.78, 5) is 4.16. The molecule has 1 aromatic carbocycles. The Morgan fingerprint density at radius 2 is 2.11 bits per heavy atom. The van der Waals surface area contributed by atoms with Gasteiger partial charge in [-0.1, -0.05) is 13.3 Å². The Labute approximate surface area is 114 Å². The topological polar surface area (TPSA) is 50.9 Å². The van der Waals surface area contributed by atoms with E-state index in [-0.39, 0.29) is 0 Å². The second-order valence-electron chi connectivity index (χ2n) is 5.68. The van der Waals surface area contributed by atoms with E-state index >= 15 is 0 Å². The summed E-state index contributed by atoms with van der Waals surface area (Å²) in [6.45, 7) is 3.36.